The lowest BCUT2D eigenvalue weighted by Crippen LogP contribution is -2.40. The number of benzene rings is 1. The van der Waals surface area contributed by atoms with Gasteiger partial charge in [-0.15, -0.1) is 11.3 Å². The van der Waals surface area contributed by atoms with Gasteiger partial charge in [-0.1, -0.05) is 15.9 Å². The number of aliphatic hydroxyl groups is 1. The second-order valence-corrected chi connectivity index (χ2v) is 7.96. The number of carbonyl (C=O) groups is 3. The number of aliphatic hydroxyl groups excluding tert-OH is 1. The van der Waals surface area contributed by atoms with E-state index in [1.807, 2.05) is 12.1 Å². The number of allylic oxidation sites excluding steroid dienone is 1. The first-order chi connectivity index (χ1) is 15.3. The summed E-state index contributed by atoms with van der Waals surface area (Å²) in [5.41, 5.74) is 6.96. The molecule has 2 aromatic rings. The molecule has 1 aromatic carbocycles. The molecule has 0 saturated carbocycles. The van der Waals surface area contributed by atoms with E-state index < -0.39 is 11.9 Å². The number of urea groups is 1. The molecular formula is C19H23BrN6O5S. The van der Waals surface area contributed by atoms with Gasteiger partial charge in [0.15, 0.2) is 11.4 Å². The molecule has 1 aromatic heterocycles. The zero-order valence-corrected chi connectivity index (χ0v) is 19.7. The molecule has 2 rings (SSSR count). The highest BCUT2D eigenvalue weighted by Gasteiger charge is 2.16. The van der Waals surface area contributed by atoms with Crippen LogP contribution in [-0.2, 0) is 9.59 Å². The van der Waals surface area contributed by atoms with Gasteiger partial charge >= 0.3 is 6.03 Å². The van der Waals surface area contributed by atoms with Crippen LogP contribution >= 0.6 is 27.3 Å². The highest BCUT2D eigenvalue weighted by atomic mass is 79.9. The van der Waals surface area contributed by atoms with Gasteiger partial charge in [0.25, 0.3) is 0 Å². The van der Waals surface area contributed by atoms with Crippen LogP contribution < -0.4 is 26.4 Å². The van der Waals surface area contributed by atoms with Crippen molar-refractivity contribution >= 4 is 50.6 Å². The summed E-state index contributed by atoms with van der Waals surface area (Å²) in [6.45, 7) is -0.257. The molecule has 0 aliphatic carbocycles. The first-order valence-electron chi connectivity index (χ1n) is 9.23. The Kier molecular flexibility index (Phi) is 9.43. The van der Waals surface area contributed by atoms with Crippen LogP contribution in [0.3, 0.4) is 0 Å². The molecule has 0 fully saturated rings. The summed E-state index contributed by atoms with van der Waals surface area (Å²) in [5, 5.41) is 18.7. The van der Waals surface area contributed by atoms with E-state index in [4.69, 9.17) is 15.6 Å². The predicted octanol–water partition coefficient (Wildman–Crippen LogP) is 1.07. The van der Waals surface area contributed by atoms with Crippen molar-refractivity contribution in [2.45, 2.75) is 0 Å². The maximum atomic E-state index is 12.3. The Morgan fingerprint density at radius 1 is 1.41 bits per heavy atom. The second-order valence-electron chi connectivity index (χ2n) is 6.18. The molecule has 172 valence electrons. The van der Waals surface area contributed by atoms with Crippen LogP contribution in [0.5, 0.6) is 5.75 Å². The quantitative estimate of drug-likeness (QED) is 0.227. The van der Waals surface area contributed by atoms with E-state index in [-0.39, 0.29) is 31.3 Å². The van der Waals surface area contributed by atoms with Crippen molar-refractivity contribution < 1.29 is 24.2 Å². The Morgan fingerprint density at radius 3 is 2.81 bits per heavy atom. The van der Waals surface area contributed by atoms with Crippen LogP contribution in [0.1, 0.15) is 0 Å². The fourth-order valence-electron chi connectivity index (χ4n) is 2.43. The van der Waals surface area contributed by atoms with Gasteiger partial charge < -0.3 is 31.5 Å². The first-order valence-corrected chi connectivity index (χ1v) is 10.9. The monoisotopic (exact) mass is 526 g/mol. The van der Waals surface area contributed by atoms with Gasteiger partial charge in [-0.2, -0.15) is 0 Å². The fraction of sp³-hybridized carbons (Fsp3) is 0.263. The molecule has 0 radical (unpaired) electrons. The minimum atomic E-state index is -0.515. The number of ether oxygens (including phenoxy) is 1. The molecule has 0 spiro atoms. The largest absolute Gasteiger partial charge is 0.490 e. The van der Waals surface area contributed by atoms with Crippen LogP contribution in [0.2, 0.25) is 0 Å². The summed E-state index contributed by atoms with van der Waals surface area (Å²) in [4.78, 5) is 40.6. The molecule has 3 amide bonds. The smallest absolute Gasteiger partial charge is 0.322 e. The molecule has 11 nitrogen and oxygen atoms in total. The molecule has 0 bridgehead atoms. The Labute approximate surface area is 196 Å². The van der Waals surface area contributed by atoms with Crippen molar-refractivity contribution in [2.24, 2.45) is 5.73 Å². The standard InChI is InChI=1S/C19H23BrN6O5S/c1-22-19(30)26(2)17(21)13(9-28)23-8-16(29)25-18-24-14(10-32-18)12-7-11(20)3-4-15(12)31-6-5-27/h3-4,7,9-10,23,27H,5-6,8,21H2,1-2H3,(H,22,30)(H,24,25,29)/b17-13+. The van der Waals surface area contributed by atoms with E-state index >= 15 is 0 Å². The number of aldehydes is 1. The summed E-state index contributed by atoms with van der Waals surface area (Å²) in [6.07, 6.45) is 0.421. The Balaban J connectivity index is 2.07. The number of anilines is 1. The Bertz CT molecular complexity index is 1010. The van der Waals surface area contributed by atoms with Crippen molar-refractivity contribution in [3.63, 3.8) is 0 Å². The fourth-order valence-corrected chi connectivity index (χ4v) is 3.52. The van der Waals surface area contributed by atoms with Gasteiger partial charge in [-0.25, -0.2) is 9.78 Å². The molecule has 0 unspecified atom stereocenters. The van der Waals surface area contributed by atoms with E-state index in [9.17, 15) is 14.4 Å². The number of amides is 3. The molecule has 13 heteroatoms. The lowest BCUT2D eigenvalue weighted by molar-refractivity contribution is -0.115. The molecule has 0 saturated heterocycles. The van der Waals surface area contributed by atoms with Gasteiger partial charge in [0.1, 0.15) is 23.9 Å². The molecule has 0 aliphatic rings. The normalized spacial score (nSPS) is 11.2. The molecule has 32 heavy (non-hydrogen) atoms. The summed E-state index contributed by atoms with van der Waals surface area (Å²) in [7, 11) is 2.81. The van der Waals surface area contributed by atoms with Gasteiger partial charge in [-0.3, -0.25) is 14.5 Å². The first kappa shape index (κ1) is 25.1. The molecule has 0 aliphatic heterocycles. The molecule has 0 atom stereocenters. The van der Waals surface area contributed by atoms with Crippen LogP contribution in [0.25, 0.3) is 11.3 Å². The zero-order chi connectivity index (χ0) is 23.7. The van der Waals surface area contributed by atoms with Crippen molar-refractivity contribution in [3.8, 4) is 17.0 Å². The number of hydrogen-bond donors (Lipinski definition) is 5. The topological polar surface area (TPSA) is 159 Å². The summed E-state index contributed by atoms with van der Waals surface area (Å²) >= 11 is 4.62. The van der Waals surface area contributed by atoms with Crippen molar-refractivity contribution in [2.75, 3.05) is 39.2 Å². The number of carbonyl (C=O) groups excluding carboxylic acids is 3. The lowest BCUT2D eigenvalue weighted by atomic mass is 10.1. The number of hydrogen-bond acceptors (Lipinski definition) is 9. The van der Waals surface area contributed by atoms with E-state index in [1.165, 1.54) is 25.4 Å². The van der Waals surface area contributed by atoms with E-state index in [0.29, 0.717) is 28.4 Å². The highest BCUT2D eigenvalue weighted by Crippen LogP contribution is 2.34. The summed E-state index contributed by atoms with van der Waals surface area (Å²) in [6, 6.07) is 4.87. The number of nitrogens with two attached hydrogens (primary N) is 1. The molecule has 1 heterocycles. The zero-order valence-electron chi connectivity index (χ0n) is 17.3. The number of rotatable bonds is 10. The van der Waals surface area contributed by atoms with Crippen molar-refractivity contribution in [3.05, 3.63) is 39.6 Å². The average molecular weight is 527 g/mol. The highest BCUT2D eigenvalue weighted by molar-refractivity contribution is 9.10. The minimum Gasteiger partial charge on any atom is -0.490 e. The van der Waals surface area contributed by atoms with Gasteiger partial charge in [0, 0.05) is 29.5 Å². The Morgan fingerprint density at radius 2 is 2.16 bits per heavy atom. The number of nitrogens with one attached hydrogen (secondary N) is 3. The summed E-state index contributed by atoms with van der Waals surface area (Å²) in [5.74, 6) is -0.0519. The third kappa shape index (κ3) is 6.67. The van der Waals surface area contributed by atoms with Gasteiger partial charge in [0.2, 0.25) is 5.91 Å². The molecule has 6 N–H and O–H groups in total. The summed E-state index contributed by atoms with van der Waals surface area (Å²) < 4.78 is 6.36. The third-order valence-electron chi connectivity index (χ3n) is 4.03. The number of nitrogens with zero attached hydrogens (tertiary/aromatic N) is 2. The van der Waals surface area contributed by atoms with Gasteiger partial charge in [-0.05, 0) is 18.2 Å². The van der Waals surface area contributed by atoms with Crippen LogP contribution in [0.4, 0.5) is 9.93 Å². The third-order valence-corrected chi connectivity index (χ3v) is 5.28. The van der Waals surface area contributed by atoms with E-state index in [2.05, 4.69) is 36.9 Å². The van der Waals surface area contributed by atoms with Crippen LogP contribution in [-0.4, -0.2) is 67.1 Å². The SMILES string of the molecule is CNC(=O)N(C)/C(N)=C(\C=O)NCC(=O)Nc1nc(-c2cc(Br)ccc2OCCO)cs1. The minimum absolute atomic E-state index is 0.106. The Hall–Kier alpha value is -3.16. The van der Waals surface area contributed by atoms with Crippen LogP contribution in [0, 0.1) is 0 Å². The second kappa shape index (κ2) is 12.0. The lowest BCUT2D eigenvalue weighted by Gasteiger charge is -2.19. The van der Waals surface area contributed by atoms with E-state index in [0.717, 1.165) is 9.37 Å². The van der Waals surface area contributed by atoms with Crippen molar-refractivity contribution in [1.82, 2.24) is 20.5 Å². The van der Waals surface area contributed by atoms with Crippen LogP contribution in [0.15, 0.2) is 39.6 Å². The predicted molar refractivity (Wildman–Crippen MR) is 124 cm³/mol. The number of halogens is 1. The van der Waals surface area contributed by atoms with Crippen molar-refractivity contribution in [1.29, 1.82) is 0 Å². The number of aromatic nitrogens is 1. The maximum absolute atomic E-state index is 12.3. The average Bonchev–Trinajstić information content (AvgIpc) is 3.25. The number of thiazole rings is 1. The van der Waals surface area contributed by atoms with E-state index in [1.54, 1.807) is 11.4 Å². The van der Waals surface area contributed by atoms with Gasteiger partial charge in [0.05, 0.1) is 18.8 Å². The maximum Gasteiger partial charge on any atom is 0.322 e. The molecular weight excluding hydrogens is 504 g/mol.